The van der Waals surface area contributed by atoms with Crippen LogP contribution in [0.3, 0.4) is 0 Å². The Labute approximate surface area is 93.0 Å². The predicted molar refractivity (Wildman–Crippen MR) is 61.7 cm³/mol. The molecule has 0 bridgehead atoms. The first-order valence-electron chi connectivity index (χ1n) is 4.34. The summed E-state index contributed by atoms with van der Waals surface area (Å²) in [5.41, 5.74) is 0. The van der Waals surface area contributed by atoms with Gasteiger partial charge in [-0.15, -0.1) is 0 Å². The molecule has 0 aromatic carbocycles. The van der Waals surface area contributed by atoms with Crippen molar-refractivity contribution >= 4 is 36.6 Å². The summed E-state index contributed by atoms with van der Waals surface area (Å²) < 4.78 is 5.38. The van der Waals surface area contributed by atoms with E-state index in [1.54, 1.807) is 0 Å². The van der Waals surface area contributed by atoms with E-state index in [2.05, 4.69) is 42.2 Å². The molecule has 0 saturated carbocycles. The monoisotopic (exact) mass is 314 g/mol. The van der Waals surface area contributed by atoms with Gasteiger partial charge >= 0.3 is 5.97 Å². The lowest BCUT2D eigenvalue weighted by atomic mass is 10.2. The van der Waals surface area contributed by atoms with Gasteiger partial charge in [0.15, 0.2) is 0 Å². The highest BCUT2D eigenvalue weighted by atomic mass is 127. The Balaban J connectivity index is 2.67. The average Bonchev–Trinajstić information content (AvgIpc) is 2.26. The molecule has 1 aliphatic rings. The maximum absolute atomic E-state index is 10.9. The molecule has 76 valence electrons. The van der Waals surface area contributed by atoms with Crippen LogP contribution in [0.2, 0.25) is 19.6 Å². The molecule has 0 radical (unpaired) electrons. The quantitative estimate of drug-likeness (QED) is 0.362. The third-order valence-electron chi connectivity index (χ3n) is 2.14. The predicted octanol–water partition coefficient (Wildman–Crippen LogP) is 1.34. The van der Waals surface area contributed by atoms with Crippen LogP contribution in [-0.4, -0.2) is 34.9 Å². The van der Waals surface area contributed by atoms with Crippen LogP contribution >= 0.6 is 22.6 Å². The fourth-order valence-corrected chi connectivity index (χ4v) is 3.21. The largest absolute Gasteiger partial charge is 0.459 e. The molecule has 1 fully saturated rings. The number of aliphatic hydroxyl groups excluding tert-OH is 1. The summed E-state index contributed by atoms with van der Waals surface area (Å²) >= 11 is 2.30. The second-order valence-electron chi connectivity index (χ2n) is 4.49. The lowest BCUT2D eigenvalue weighted by molar-refractivity contribution is -0.141. The van der Waals surface area contributed by atoms with Gasteiger partial charge < -0.3 is 9.84 Å². The molecular weight excluding hydrogens is 299 g/mol. The summed E-state index contributed by atoms with van der Waals surface area (Å²) in [6.07, 6.45) is -0.713. The van der Waals surface area contributed by atoms with Crippen LogP contribution in [0.25, 0.3) is 0 Å². The van der Waals surface area contributed by atoms with Gasteiger partial charge in [-0.3, -0.25) is 4.79 Å². The summed E-state index contributed by atoms with van der Waals surface area (Å²) in [5.74, 6) is -0.266. The highest BCUT2D eigenvalue weighted by molar-refractivity contribution is 14.1. The topological polar surface area (TPSA) is 46.5 Å². The van der Waals surface area contributed by atoms with Crippen LogP contribution < -0.4 is 0 Å². The summed E-state index contributed by atoms with van der Waals surface area (Å²) in [5, 5.41) is 9.56. The Morgan fingerprint density at radius 2 is 2.15 bits per heavy atom. The average molecular weight is 314 g/mol. The number of carbonyl (C=O) groups excluding carboxylic acids is 1. The summed E-state index contributed by atoms with van der Waals surface area (Å²) in [7, 11) is -1.35. The second-order valence-corrected chi connectivity index (χ2v) is 12.4. The Morgan fingerprint density at radius 1 is 1.62 bits per heavy atom. The van der Waals surface area contributed by atoms with Gasteiger partial charge in [0, 0.05) is 3.55 Å². The van der Waals surface area contributed by atoms with E-state index in [1.807, 2.05) is 0 Å². The number of halogens is 1. The van der Waals surface area contributed by atoms with Crippen LogP contribution in [0.15, 0.2) is 0 Å². The molecule has 0 aromatic heterocycles. The summed E-state index contributed by atoms with van der Waals surface area (Å²) in [6.45, 7) is 6.63. The normalized spacial score (nSPS) is 31.6. The van der Waals surface area contributed by atoms with Crippen molar-refractivity contribution in [2.24, 2.45) is 0 Å². The van der Waals surface area contributed by atoms with E-state index in [0.29, 0.717) is 0 Å². The highest BCUT2D eigenvalue weighted by Crippen LogP contribution is 2.29. The van der Waals surface area contributed by atoms with E-state index < -0.39 is 14.2 Å². The zero-order valence-electron chi connectivity index (χ0n) is 8.08. The lowest BCUT2D eigenvalue weighted by Crippen LogP contribution is -2.46. The maximum Gasteiger partial charge on any atom is 0.308 e. The molecule has 0 amide bonds. The van der Waals surface area contributed by atoms with E-state index >= 15 is 0 Å². The number of cyclic esters (lactones) is 1. The van der Waals surface area contributed by atoms with Crippen LogP contribution in [0.5, 0.6) is 0 Å². The molecule has 3 nitrogen and oxygen atoms in total. The van der Waals surface area contributed by atoms with Gasteiger partial charge in [0.25, 0.3) is 0 Å². The first-order valence-corrected chi connectivity index (χ1v) is 9.16. The van der Waals surface area contributed by atoms with Crippen LogP contribution in [0.1, 0.15) is 6.42 Å². The van der Waals surface area contributed by atoms with Crippen molar-refractivity contribution in [3.05, 3.63) is 0 Å². The van der Waals surface area contributed by atoms with Gasteiger partial charge in [0.2, 0.25) is 0 Å². The molecule has 0 aromatic rings. The van der Waals surface area contributed by atoms with Crippen LogP contribution in [-0.2, 0) is 9.53 Å². The number of carbonyl (C=O) groups is 1. The molecule has 1 N–H and O–H groups in total. The fourth-order valence-electron chi connectivity index (χ4n) is 1.31. The number of esters is 1. The van der Waals surface area contributed by atoms with E-state index in [1.165, 1.54) is 0 Å². The molecule has 0 aliphatic carbocycles. The van der Waals surface area contributed by atoms with Gasteiger partial charge in [0.05, 0.1) is 14.5 Å². The molecule has 0 spiro atoms. The zero-order valence-corrected chi connectivity index (χ0v) is 11.2. The van der Waals surface area contributed by atoms with Crippen molar-refractivity contribution in [1.82, 2.24) is 0 Å². The van der Waals surface area contributed by atoms with E-state index in [-0.39, 0.29) is 22.0 Å². The number of hydrogen-bond acceptors (Lipinski definition) is 3. The lowest BCUT2D eigenvalue weighted by Gasteiger charge is -2.29. The molecular formula is C8H15IO3Si. The Kier molecular flexibility index (Phi) is 3.40. The van der Waals surface area contributed by atoms with Crippen LogP contribution in [0.4, 0.5) is 0 Å². The zero-order chi connectivity index (χ0) is 10.2. The fraction of sp³-hybridized carbons (Fsp3) is 0.875. The number of ether oxygens (including phenoxy) is 1. The van der Waals surface area contributed by atoms with Crippen molar-refractivity contribution in [2.75, 3.05) is 0 Å². The van der Waals surface area contributed by atoms with Gasteiger partial charge in [-0.1, -0.05) is 42.2 Å². The standard InChI is InChI=1S/C8H15IO3Si/c1-13(2,3)8(9)7-5(10)4-6(11)12-7/h5,7-8,10H,4H2,1-3H3/t5-,7-,8+/m1/s1. The maximum atomic E-state index is 10.9. The molecule has 1 rings (SSSR count). The van der Waals surface area contributed by atoms with Gasteiger partial charge in [0.1, 0.15) is 12.2 Å². The molecule has 0 unspecified atom stereocenters. The van der Waals surface area contributed by atoms with Crippen molar-refractivity contribution in [3.63, 3.8) is 0 Å². The number of alkyl halides is 1. The van der Waals surface area contributed by atoms with Crippen molar-refractivity contribution < 1.29 is 14.6 Å². The minimum Gasteiger partial charge on any atom is -0.459 e. The third kappa shape index (κ3) is 2.66. The van der Waals surface area contributed by atoms with Crippen molar-refractivity contribution in [1.29, 1.82) is 0 Å². The van der Waals surface area contributed by atoms with E-state index in [9.17, 15) is 9.90 Å². The smallest absolute Gasteiger partial charge is 0.308 e. The van der Waals surface area contributed by atoms with Gasteiger partial charge in [-0.25, -0.2) is 0 Å². The van der Waals surface area contributed by atoms with Crippen LogP contribution in [0, 0.1) is 0 Å². The van der Waals surface area contributed by atoms with Gasteiger partial charge in [-0.2, -0.15) is 0 Å². The number of hydrogen-bond donors (Lipinski definition) is 1. The Morgan fingerprint density at radius 3 is 2.46 bits per heavy atom. The Hall–Kier alpha value is 0.377. The molecule has 5 heteroatoms. The van der Waals surface area contributed by atoms with Crippen molar-refractivity contribution in [3.8, 4) is 0 Å². The first kappa shape index (κ1) is 11.5. The van der Waals surface area contributed by atoms with Gasteiger partial charge in [-0.05, 0) is 0 Å². The van der Waals surface area contributed by atoms with E-state index in [4.69, 9.17) is 4.74 Å². The van der Waals surface area contributed by atoms with Crippen molar-refractivity contribution in [2.45, 2.75) is 41.8 Å². The summed E-state index contributed by atoms with van der Waals surface area (Å²) in [6, 6.07) is 0. The molecule has 13 heavy (non-hydrogen) atoms. The molecule has 3 atom stereocenters. The first-order chi connectivity index (χ1) is 5.82. The summed E-state index contributed by atoms with van der Waals surface area (Å²) in [4.78, 5) is 10.9. The molecule has 1 heterocycles. The minimum absolute atomic E-state index is 0.161. The minimum atomic E-state index is -1.35. The molecule has 1 saturated heterocycles. The second kappa shape index (κ2) is 3.86. The SMILES string of the molecule is C[Si](C)(C)[C@H](I)[C@@H]1OC(=O)C[C@H]1O. The third-order valence-corrected chi connectivity index (χ3v) is 10.4. The Bertz CT molecular complexity index is 214. The number of rotatable bonds is 2. The highest BCUT2D eigenvalue weighted by Gasteiger charge is 2.43. The molecule has 1 aliphatic heterocycles. The number of aliphatic hydroxyl groups is 1. The van der Waals surface area contributed by atoms with E-state index in [0.717, 1.165) is 0 Å².